The minimum atomic E-state index is 1.08. The number of rotatable bonds is 8. The van der Waals surface area contributed by atoms with Crippen LogP contribution in [0.15, 0.2) is 243 Å². The summed E-state index contributed by atoms with van der Waals surface area (Å²) in [5.74, 6) is 0. The highest BCUT2D eigenvalue weighted by molar-refractivity contribution is 6.11. The highest BCUT2D eigenvalue weighted by atomic mass is 15.1. The molecular weight excluding hydrogens is 725 g/mol. The second-order valence-electron chi connectivity index (χ2n) is 15.3. The molecule has 1 heterocycles. The third-order valence-corrected chi connectivity index (χ3v) is 11.8. The molecule has 0 aliphatic rings. The second-order valence-corrected chi connectivity index (χ2v) is 15.3. The summed E-state index contributed by atoms with van der Waals surface area (Å²) in [5, 5.41) is 4.93. The first-order valence-corrected chi connectivity index (χ1v) is 20.6. The van der Waals surface area contributed by atoms with Crippen molar-refractivity contribution in [1.29, 1.82) is 0 Å². The van der Waals surface area contributed by atoms with E-state index >= 15 is 0 Å². The first-order chi connectivity index (χ1) is 29.8. The highest BCUT2D eigenvalue weighted by Crippen LogP contribution is 2.47. The Labute approximate surface area is 350 Å². The second kappa shape index (κ2) is 15.1. The van der Waals surface area contributed by atoms with Gasteiger partial charge in [0, 0.05) is 33.4 Å². The summed E-state index contributed by atoms with van der Waals surface area (Å²) in [6.07, 6.45) is 0. The topological polar surface area (TPSA) is 8.17 Å². The first-order valence-electron chi connectivity index (χ1n) is 20.6. The molecule has 1 aromatic heterocycles. The van der Waals surface area contributed by atoms with Crippen LogP contribution in [0.25, 0.3) is 82.8 Å². The number of aromatic nitrogens is 1. The van der Waals surface area contributed by atoms with Crippen LogP contribution in [0, 0.1) is 0 Å². The third kappa shape index (κ3) is 6.14. The minimum Gasteiger partial charge on any atom is -0.310 e. The summed E-state index contributed by atoms with van der Waals surface area (Å²) in [6, 6.07) is 88.0. The predicted octanol–water partition coefficient (Wildman–Crippen LogP) is 16.1. The molecular formula is C58H40N2. The van der Waals surface area contributed by atoms with E-state index in [4.69, 9.17) is 0 Å². The lowest BCUT2D eigenvalue weighted by atomic mass is 9.88. The monoisotopic (exact) mass is 764 g/mol. The average molecular weight is 765 g/mol. The van der Waals surface area contributed by atoms with Gasteiger partial charge in [0.15, 0.2) is 0 Å². The van der Waals surface area contributed by atoms with Gasteiger partial charge in [-0.05, 0) is 98.2 Å². The fourth-order valence-electron chi connectivity index (χ4n) is 9.11. The van der Waals surface area contributed by atoms with Gasteiger partial charge in [0.1, 0.15) is 0 Å². The van der Waals surface area contributed by atoms with Crippen LogP contribution in [0.3, 0.4) is 0 Å². The Morgan fingerprint density at radius 2 is 0.800 bits per heavy atom. The van der Waals surface area contributed by atoms with Crippen molar-refractivity contribution in [3.8, 4) is 50.2 Å². The molecule has 0 aliphatic carbocycles. The average Bonchev–Trinajstić information content (AvgIpc) is 3.66. The Kier molecular flexibility index (Phi) is 8.87. The lowest BCUT2D eigenvalue weighted by Crippen LogP contribution is -2.11. The fraction of sp³-hybridized carbons (Fsp3) is 0. The maximum Gasteiger partial charge on any atom is 0.0561 e. The number of para-hydroxylation sites is 3. The summed E-state index contributed by atoms with van der Waals surface area (Å²) in [6.45, 7) is 0. The van der Waals surface area contributed by atoms with Crippen LogP contribution in [0.1, 0.15) is 0 Å². The maximum absolute atomic E-state index is 2.45. The lowest BCUT2D eigenvalue weighted by Gasteiger charge is -2.29. The van der Waals surface area contributed by atoms with Gasteiger partial charge in [0.2, 0.25) is 0 Å². The molecule has 0 N–H and O–H groups in total. The molecule has 0 atom stereocenters. The highest BCUT2D eigenvalue weighted by Gasteiger charge is 2.22. The number of fused-ring (bicyclic) bond motifs is 4. The van der Waals surface area contributed by atoms with Crippen molar-refractivity contribution >= 4 is 49.6 Å². The lowest BCUT2D eigenvalue weighted by molar-refractivity contribution is 1.18. The van der Waals surface area contributed by atoms with Gasteiger partial charge < -0.3 is 9.47 Å². The number of anilines is 3. The zero-order valence-corrected chi connectivity index (χ0v) is 33.0. The van der Waals surface area contributed by atoms with Gasteiger partial charge in [-0.1, -0.05) is 194 Å². The van der Waals surface area contributed by atoms with Crippen molar-refractivity contribution in [1.82, 2.24) is 4.57 Å². The quantitative estimate of drug-likeness (QED) is 0.150. The molecule has 0 saturated heterocycles. The summed E-state index contributed by atoms with van der Waals surface area (Å²) in [4.78, 5) is 2.45. The van der Waals surface area contributed by atoms with E-state index in [1.807, 2.05) is 0 Å². The molecule has 11 rings (SSSR count). The minimum absolute atomic E-state index is 1.08. The van der Waals surface area contributed by atoms with E-state index in [0.29, 0.717) is 0 Å². The molecule has 282 valence electrons. The zero-order valence-electron chi connectivity index (χ0n) is 33.0. The van der Waals surface area contributed by atoms with Crippen molar-refractivity contribution < 1.29 is 0 Å². The summed E-state index contributed by atoms with van der Waals surface area (Å²) in [7, 11) is 0. The number of benzene rings is 10. The molecule has 2 heteroatoms. The third-order valence-electron chi connectivity index (χ3n) is 11.8. The SMILES string of the molecule is c1ccc(-c2ccccc2-c2ccccc2-c2ccccc2N(c2cccc(-c3cccc4ccccc34)c2)c2ccc3c4ccccc4n(-c4ccccc4)c3c2)cc1. The van der Waals surface area contributed by atoms with E-state index < -0.39 is 0 Å². The van der Waals surface area contributed by atoms with Gasteiger partial charge in [0.05, 0.1) is 16.7 Å². The fourth-order valence-corrected chi connectivity index (χ4v) is 9.11. The molecule has 0 radical (unpaired) electrons. The van der Waals surface area contributed by atoms with Gasteiger partial charge >= 0.3 is 0 Å². The molecule has 0 saturated carbocycles. The van der Waals surface area contributed by atoms with Gasteiger partial charge in [-0.25, -0.2) is 0 Å². The number of nitrogens with zero attached hydrogens (tertiary/aromatic N) is 2. The molecule has 11 aromatic rings. The number of hydrogen-bond donors (Lipinski definition) is 0. The predicted molar refractivity (Wildman–Crippen MR) is 255 cm³/mol. The maximum atomic E-state index is 2.45. The van der Waals surface area contributed by atoms with Gasteiger partial charge in [-0.2, -0.15) is 0 Å². The van der Waals surface area contributed by atoms with Gasteiger partial charge in [0.25, 0.3) is 0 Å². The molecule has 2 nitrogen and oxygen atoms in total. The smallest absolute Gasteiger partial charge is 0.0561 e. The Hall–Kier alpha value is -7.94. The summed E-state index contributed by atoms with van der Waals surface area (Å²) < 4.78 is 2.40. The van der Waals surface area contributed by atoms with Crippen LogP contribution in [0.4, 0.5) is 17.1 Å². The van der Waals surface area contributed by atoms with Crippen LogP contribution in [-0.4, -0.2) is 4.57 Å². The Morgan fingerprint density at radius 3 is 1.60 bits per heavy atom. The largest absolute Gasteiger partial charge is 0.310 e. The van der Waals surface area contributed by atoms with E-state index in [1.165, 1.54) is 66.0 Å². The summed E-state index contributed by atoms with van der Waals surface area (Å²) >= 11 is 0. The first kappa shape index (κ1) is 35.2. The molecule has 10 aromatic carbocycles. The Bertz CT molecular complexity index is 3320. The van der Waals surface area contributed by atoms with Gasteiger partial charge in [-0.3, -0.25) is 0 Å². The normalized spacial score (nSPS) is 11.3. The van der Waals surface area contributed by atoms with Gasteiger partial charge in [-0.15, -0.1) is 0 Å². The molecule has 0 unspecified atom stereocenters. The standard InChI is InChI=1S/C58H40N2/c1-3-19-41(20-4-1)48-28-9-10-29-50(48)51-30-11-12-31-52(51)53-32-13-15-35-56(53)59(45-26-17-23-43(39-45)49-34-18-22-42-21-7-8-27-47(42)49)46-37-38-55-54-33-14-16-36-57(54)60(58(55)40-46)44-24-5-2-6-25-44/h1-40H. The van der Waals surface area contributed by atoms with E-state index in [2.05, 4.69) is 252 Å². The van der Waals surface area contributed by atoms with Crippen molar-refractivity contribution in [3.63, 3.8) is 0 Å². The van der Waals surface area contributed by atoms with Crippen molar-refractivity contribution in [2.45, 2.75) is 0 Å². The van der Waals surface area contributed by atoms with E-state index in [-0.39, 0.29) is 0 Å². The number of hydrogen-bond acceptors (Lipinski definition) is 1. The van der Waals surface area contributed by atoms with Crippen LogP contribution in [-0.2, 0) is 0 Å². The van der Waals surface area contributed by atoms with Crippen molar-refractivity contribution in [3.05, 3.63) is 243 Å². The van der Waals surface area contributed by atoms with Crippen molar-refractivity contribution in [2.75, 3.05) is 4.90 Å². The van der Waals surface area contributed by atoms with Crippen LogP contribution in [0.5, 0.6) is 0 Å². The van der Waals surface area contributed by atoms with Crippen molar-refractivity contribution in [2.24, 2.45) is 0 Å². The van der Waals surface area contributed by atoms with Crippen LogP contribution >= 0.6 is 0 Å². The van der Waals surface area contributed by atoms with E-state index in [1.54, 1.807) is 0 Å². The Balaban J connectivity index is 1.16. The van der Waals surface area contributed by atoms with E-state index in [0.717, 1.165) is 33.8 Å². The molecule has 0 amide bonds. The molecule has 0 aliphatic heterocycles. The molecule has 60 heavy (non-hydrogen) atoms. The zero-order chi connectivity index (χ0) is 39.8. The summed E-state index contributed by atoms with van der Waals surface area (Å²) in [5.41, 5.74) is 16.2. The molecule has 0 bridgehead atoms. The van der Waals surface area contributed by atoms with Crippen LogP contribution < -0.4 is 4.90 Å². The van der Waals surface area contributed by atoms with E-state index in [9.17, 15) is 0 Å². The molecule has 0 fully saturated rings. The van der Waals surface area contributed by atoms with Crippen LogP contribution in [0.2, 0.25) is 0 Å². The Morgan fingerprint density at radius 1 is 0.283 bits per heavy atom. The molecule has 0 spiro atoms.